The molecule has 166 valence electrons. The number of aryl methyl sites for hydroxylation is 2. The maximum absolute atomic E-state index is 13.5. The van der Waals surface area contributed by atoms with E-state index in [2.05, 4.69) is 31.1 Å². The predicted molar refractivity (Wildman–Crippen MR) is 127 cm³/mol. The van der Waals surface area contributed by atoms with Crippen LogP contribution < -0.4 is 11.1 Å². The Bertz CT molecular complexity index is 1410. The van der Waals surface area contributed by atoms with Gasteiger partial charge in [-0.2, -0.15) is 0 Å². The van der Waals surface area contributed by atoms with Gasteiger partial charge in [-0.15, -0.1) is 0 Å². The molecule has 8 heteroatoms. The van der Waals surface area contributed by atoms with Crippen LogP contribution in [0, 0.1) is 0 Å². The molecule has 1 fully saturated rings. The van der Waals surface area contributed by atoms with Crippen LogP contribution in [0.4, 0.5) is 5.82 Å². The van der Waals surface area contributed by atoms with Gasteiger partial charge in [0.2, 0.25) is 0 Å². The highest BCUT2D eigenvalue weighted by Gasteiger charge is 2.37. The van der Waals surface area contributed by atoms with Crippen LogP contribution >= 0.6 is 11.8 Å². The Balaban J connectivity index is 1.52. The summed E-state index contributed by atoms with van der Waals surface area (Å²) in [5.41, 5.74) is 3.08. The van der Waals surface area contributed by atoms with Crippen LogP contribution in [-0.4, -0.2) is 31.6 Å². The topological polar surface area (TPSA) is 81.4 Å². The van der Waals surface area contributed by atoms with Crippen LogP contribution in [0.2, 0.25) is 0 Å². The van der Waals surface area contributed by atoms with Crippen molar-refractivity contribution in [1.29, 1.82) is 0 Å². The fourth-order valence-corrected chi connectivity index (χ4v) is 6.60. The van der Waals surface area contributed by atoms with E-state index in [1.54, 1.807) is 0 Å². The van der Waals surface area contributed by atoms with Gasteiger partial charge >= 0.3 is 0 Å². The van der Waals surface area contributed by atoms with E-state index in [9.17, 15) is 9.59 Å². The summed E-state index contributed by atoms with van der Waals surface area (Å²) in [5.74, 6) is 0.661. The van der Waals surface area contributed by atoms with Gasteiger partial charge in [0.15, 0.2) is 5.82 Å². The number of benzene rings is 1. The van der Waals surface area contributed by atoms with Gasteiger partial charge in [0.1, 0.15) is 0 Å². The molecule has 0 saturated carbocycles. The van der Waals surface area contributed by atoms with Crippen LogP contribution in [0.25, 0.3) is 10.9 Å². The zero-order valence-electron chi connectivity index (χ0n) is 18.5. The molecule has 2 aromatic heterocycles. The molecule has 1 N–H and O–H groups in total. The molecule has 0 unspecified atom stereocenters. The number of aromatic amines is 1. The summed E-state index contributed by atoms with van der Waals surface area (Å²) in [6.07, 6.45) is 2.48. The predicted octanol–water partition coefficient (Wildman–Crippen LogP) is 4.06. The molecule has 3 aromatic rings. The molecular formula is C24H26N4O3S. The summed E-state index contributed by atoms with van der Waals surface area (Å²) in [6.45, 7) is 7.44. The molecule has 0 aliphatic carbocycles. The summed E-state index contributed by atoms with van der Waals surface area (Å²) in [7, 11) is 0. The standard InChI is InChI=1S/C24H26N4O3S/c1-13-25-21-18(22(29)26-28(21)16-8-10-31-24(2,3)12-16)20(32-13)17-11-15-6-4-5-14-7-9-27(19(14)15)23(17)30/h4-6,11,16,20H,7-10,12H2,1-3H3,(H,26,29)/t16-,20-/m1/s1. The number of hydrogen-bond acceptors (Lipinski definition) is 5. The zero-order chi connectivity index (χ0) is 22.2. The summed E-state index contributed by atoms with van der Waals surface area (Å²) < 4.78 is 9.68. The minimum atomic E-state index is -0.370. The normalized spacial score (nSPS) is 23.9. The molecule has 3 aliphatic rings. The molecule has 7 nitrogen and oxygen atoms in total. The third-order valence-corrected chi connectivity index (χ3v) is 8.05. The van der Waals surface area contributed by atoms with E-state index in [4.69, 9.17) is 9.73 Å². The lowest BCUT2D eigenvalue weighted by Gasteiger charge is -2.36. The maximum atomic E-state index is 13.5. The van der Waals surface area contributed by atoms with Crippen molar-refractivity contribution >= 4 is 33.5 Å². The molecule has 5 heterocycles. The Morgan fingerprint density at radius 3 is 2.94 bits per heavy atom. The second-order valence-corrected chi connectivity index (χ2v) is 10.9. The van der Waals surface area contributed by atoms with Gasteiger partial charge in [-0.3, -0.25) is 19.4 Å². The number of nitrogens with one attached hydrogen (secondary N) is 1. The van der Waals surface area contributed by atoms with E-state index in [0.29, 0.717) is 30.1 Å². The van der Waals surface area contributed by atoms with Crippen molar-refractivity contribution in [3.8, 4) is 0 Å². The lowest BCUT2D eigenvalue weighted by atomic mass is 9.94. The van der Waals surface area contributed by atoms with E-state index < -0.39 is 0 Å². The van der Waals surface area contributed by atoms with Crippen molar-refractivity contribution in [2.75, 3.05) is 6.61 Å². The highest BCUT2D eigenvalue weighted by atomic mass is 32.2. The van der Waals surface area contributed by atoms with Crippen molar-refractivity contribution in [1.82, 2.24) is 14.3 Å². The molecule has 3 aliphatic heterocycles. The SMILES string of the molecule is CC1=Nc2c(c(=O)[nH]n2[C@@H]2CCOC(C)(C)C2)[C@@H](c2cc3cccc4c3n(c2=O)CC4)S1. The number of nitrogens with zero attached hydrogens (tertiary/aromatic N) is 3. The first-order chi connectivity index (χ1) is 15.3. The third kappa shape index (κ3) is 2.96. The van der Waals surface area contributed by atoms with Gasteiger partial charge in [0, 0.05) is 18.7 Å². The van der Waals surface area contributed by atoms with Gasteiger partial charge < -0.3 is 9.30 Å². The van der Waals surface area contributed by atoms with Gasteiger partial charge in [-0.25, -0.2) is 4.99 Å². The lowest BCUT2D eigenvalue weighted by molar-refractivity contribution is -0.0705. The second-order valence-electron chi connectivity index (χ2n) is 9.59. The van der Waals surface area contributed by atoms with E-state index in [-0.39, 0.29) is 28.0 Å². The lowest BCUT2D eigenvalue weighted by Crippen LogP contribution is -2.35. The Labute approximate surface area is 189 Å². The van der Waals surface area contributed by atoms with Gasteiger partial charge in [0.25, 0.3) is 11.1 Å². The first-order valence-corrected chi connectivity index (χ1v) is 12.1. The molecule has 1 saturated heterocycles. The summed E-state index contributed by atoms with van der Waals surface area (Å²) in [4.78, 5) is 31.5. The van der Waals surface area contributed by atoms with Crippen LogP contribution in [0.15, 0.2) is 38.8 Å². The van der Waals surface area contributed by atoms with Crippen molar-refractivity contribution in [3.05, 3.63) is 61.7 Å². The highest BCUT2D eigenvalue weighted by Crippen LogP contribution is 2.45. The zero-order valence-corrected chi connectivity index (χ0v) is 19.3. The average Bonchev–Trinajstić information content (AvgIpc) is 3.32. The molecule has 0 bridgehead atoms. The first kappa shape index (κ1) is 20.1. The smallest absolute Gasteiger partial charge is 0.271 e. The van der Waals surface area contributed by atoms with Crippen molar-refractivity contribution in [3.63, 3.8) is 0 Å². The minimum absolute atomic E-state index is 0.0000466. The molecule has 0 spiro atoms. The van der Waals surface area contributed by atoms with Gasteiger partial charge in [-0.1, -0.05) is 30.0 Å². The summed E-state index contributed by atoms with van der Waals surface area (Å²) in [6, 6.07) is 8.28. The van der Waals surface area contributed by atoms with Crippen molar-refractivity contribution < 1.29 is 4.74 Å². The first-order valence-electron chi connectivity index (χ1n) is 11.2. The largest absolute Gasteiger partial charge is 0.375 e. The molecule has 1 aromatic carbocycles. The number of ether oxygens (including phenoxy) is 1. The van der Waals surface area contributed by atoms with E-state index in [1.807, 2.05) is 28.3 Å². The van der Waals surface area contributed by atoms with E-state index in [1.165, 1.54) is 17.3 Å². The number of pyridine rings is 1. The number of hydrogen-bond donors (Lipinski definition) is 1. The summed E-state index contributed by atoms with van der Waals surface area (Å²) in [5, 5.41) is 4.60. The Kier molecular flexibility index (Phi) is 4.36. The molecule has 0 radical (unpaired) electrons. The number of fused-ring (bicyclic) bond motifs is 1. The van der Waals surface area contributed by atoms with Crippen LogP contribution in [0.1, 0.15) is 61.6 Å². The fourth-order valence-electron chi connectivity index (χ4n) is 5.49. The number of H-pyrrole nitrogens is 1. The van der Waals surface area contributed by atoms with Gasteiger partial charge in [0.05, 0.1) is 33.0 Å². The van der Waals surface area contributed by atoms with Crippen molar-refractivity contribution in [2.45, 2.75) is 63.5 Å². The highest BCUT2D eigenvalue weighted by molar-refractivity contribution is 8.14. The minimum Gasteiger partial charge on any atom is -0.375 e. The number of thioether (sulfide) groups is 1. The van der Waals surface area contributed by atoms with Gasteiger partial charge in [-0.05, 0) is 57.0 Å². The fraction of sp³-hybridized carbons (Fsp3) is 0.458. The quantitative estimate of drug-likeness (QED) is 0.638. The molecule has 0 amide bonds. The number of rotatable bonds is 2. The number of aliphatic imine (C=N–C) groups is 1. The van der Waals surface area contributed by atoms with Crippen molar-refractivity contribution in [2.24, 2.45) is 4.99 Å². The summed E-state index contributed by atoms with van der Waals surface area (Å²) >= 11 is 1.49. The van der Waals surface area contributed by atoms with Crippen LogP contribution in [-0.2, 0) is 17.7 Å². The Hall–Kier alpha value is -2.58. The third-order valence-electron chi connectivity index (χ3n) is 6.90. The Morgan fingerprint density at radius 1 is 1.28 bits per heavy atom. The molecular weight excluding hydrogens is 424 g/mol. The number of aromatic nitrogens is 3. The van der Waals surface area contributed by atoms with E-state index in [0.717, 1.165) is 35.2 Å². The molecule has 2 atom stereocenters. The average molecular weight is 451 g/mol. The van der Waals surface area contributed by atoms with E-state index >= 15 is 0 Å². The van der Waals surface area contributed by atoms with Crippen LogP contribution in [0.5, 0.6) is 0 Å². The monoisotopic (exact) mass is 450 g/mol. The second kappa shape index (κ2) is 6.96. The number of para-hydroxylation sites is 1. The molecule has 6 rings (SSSR count). The Morgan fingerprint density at radius 2 is 2.12 bits per heavy atom. The molecule has 32 heavy (non-hydrogen) atoms. The van der Waals surface area contributed by atoms with Crippen LogP contribution in [0.3, 0.4) is 0 Å². The maximum Gasteiger partial charge on any atom is 0.271 e.